The van der Waals surface area contributed by atoms with E-state index in [2.05, 4.69) is 34.0 Å². The van der Waals surface area contributed by atoms with E-state index in [0.29, 0.717) is 6.61 Å². The zero-order valence-corrected chi connectivity index (χ0v) is 16.9. The first-order valence-electron chi connectivity index (χ1n) is 8.71. The maximum atomic E-state index is 13.8. The Hall–Kier alpha value is -1.54. The van der Waals surface area contributed by atoms with E-state index in [-0.39, 0.29) is 23.9 Å². The highest BCUT2D eigenvalue weighted by molar-refractivity contribution is 14.1. The molecule has 2 aliphatic heterocycles. The third kappa shape index (κ3) is 3.03. The number of anilines is 1. The molecule has 4 rings (SSSR count). The molecule has 3 atom stereocenters. The van der Waals surface area contributed by atoms with Crippen LogP contribution >= 0.6 is 22.6 Å². The Labute approximate surface area is 166 Å². The van der Waals surface area contributed by atoms with Crippen LogP contribution in [0.3, 0.4) is 0 Å². The van der Waals surface area contributed by atoms with Gasteiger partial charge in [0, 0.05) is 23.8 Å². The van der Waals surface area contributed by atoms with E-state index in [1.54, 1.807) is 26.4 Å². The highest BCUT2D eigenvalue weighted by Gasteiger charge is 2.40. The van der Waals surface area contributed by atoms with Gasteiger partial charge in [0.15, 0.2) is 11.5 Å². The normalized spacial score (nSPS) is 24.2. The molecular formula is C20H21FINO3. The summed E-state index contributed by atoms with van der Waals surface area (Å²) in [7, 11) is 3.30. The molecule has 0 aliphatic carbocycles. The Morgan fingerprint density at radius 1 is 1.19 bits per heavy atom. The maximum Gasteiger partial charge on any atom is 0.174 e. The summed E-state index contributed by atoms with van der Waals surface area (Å²) in [5, 5.41) is 3.61. The third-order valence-electron chi connectivity index (χ3n) is 5.24. The molecule has 0 aromatic heterocycles. The third-order valence-corrected chi connectivity index (χ3v) is 6.04. The smallest absolute Gasteiger partial charge is 0.174 e. The van der Waals surface area contributed by atoms with E-state index in [1.807, 2.05) is 6.07 Å². The average molecular weight is 469 g/mol. The van der Waals surface area contributed by atoms with Crippen LogP contribution in [-0.2, 0) is 4.74 Å². The Balaban J connectivity index is 1.79. The first-order valence-corrected chi connectivity index (χ1v) is 9.79. The van der Waals surface area contributed by atoms with E-state index in [1.165, 1.54) is 6.07 Å². The molecule has 2 aromatic carbocycles. The molecule has 6 heteroatoms. The lowest BCUT2D eigenvalue weighted by molar-refractivity contribution is -0.0383. The predicted molar refractivity (Wildman–Crippen MR) is 106 cm³/mol. The van der Waals surface area contributed by atoms with Crippen molar-refractivity contribution in [2.45, 2.75) is 25.0 Å². The zero-order valence-electron chi connectivity index (χ0n) is 14.7. The quantitative estimate of drug-likeness (QED) is 0.637. The Morgan fingerprint density at radius 2 is 2.04 bits per heavy atom. The van der Waals surface area contributed by atoms with Crippen molar-refractivity contribution in [1.29, 1.82) is 0 Å². The van der Waals surface area contributed by atoms with Crippen molar-refractivity contribution in [3.05, 3.63) is 50.8 Å². The van der Waals surface area contributed by atoms with E-state index in [9.17, 15) is 4.39 Å². The standard InChI is InChI=1S/C20H21FINO3/c1-24-17-9-11(8-15(22)20(17)25-2)18-13-4-3-7-26-19(13)14-10-12(21)5-6-16(14)23-18/h5-6,8-10,13,18-19,23H,3-4,7H2,1-2H3/t13-,18-,19-/m0/s1. The van der Waals surface area contributed by atoms with Crippen LogP contribution in [0.5, 0.6) is 11.5 Å². The molecule has 138 valence electrons. The maximum absolute atomic E-state index is 13.8. The van der Waals surface area contributed by atoms with Gasteiger partial charge in [0.05, 0.1) is 29.9 Å². The zero-order chi connectivity index (χ0) is 18.3. The van der Waals surface area contributed by atoms with Crippen molar-refractivity contribution in [3.63, 3.8) is 0 Å². The summed E-state index contributed by atoms with van der Waals surface area (Å²) in [5.41, 5.74) is 2.98. The van der Waals surface area contributed by atoms with Gasteiger partial charge in [0.1, 0.15) is 5.82 Å². The molecule has 26 heavy (non-hydrogen) atoms. The molecule has 0 bridgehead atoms. The molecular weight excluding hydrogens is 448 g/mol. The molecule has 1 N–H and O–H groups in total. The minimum absolute atomic E-state index is 0.0755. The van der Waals surface area contributed by atoms with Crippen molar-refractivity contribution < 1.29 is 18.6 Å². The fourth-order valence-corrected chi connectivity index (χ4v) is 4.93. The van der Waals surface area contributed by atoms with E-state index in [4.69, 9.17) is 14.2 Å². The second kappa shape index (κ2) is 7.23. The summed E-state index contributed by atoms with van der Waals surface area (Å²) in [6.45, 7) is 0.716. The lowest BCUT2D eigenvalue weighted by Gasteiger charge is -2.43. The van der Waals surface area contributed by atoms with Gasteiger partial charge >= 0.3 is 0 Å². The molecule has 0 radical (unpaired) electrons. The number of rotatable bonds is 3. The second-order valence-electron chi connectivity index (χ2n) is 6.69. The van der Waals surface area contributed by atoms with Crippen LogP contribution < -0.4 is 14.8 Å². The minimum atomic E-state index is -0.224. The van der Waals surface area contributed by atoms with Gasteiger partial charge in [-0.05, 0) is 71.3 Å². The molecule has 2 heterocycles. The van der Waals surface area contributed by atoms with Crippen LogP contribution in [0.4, 0.5) is 10.1 Å². The highest BCUT2D eigenvalue weighted by Crippen LogP contribution is 2.50. The number of ether oxygens (including phenoxy) is 3. The molecule has 0 unspecified atom stereocenters. The monoisotopic (exact) mass is 469 g/mol. The summed E-state index contributed by atoms with van der Waals surface area (Å²) >= 11 is 2.27. The Kier molecular flexibility index (Phi) is 4.96. The molecule has 0 amide bonds. The van der Waals surface area contributed by atoms with Gasteiger partial charge in [-0.1, -0.05) is 0 Å². The molecule has 0 spiro atoms. The molecule has 4 nitrogen and oxygen atoms in total. The summed E-state index contributed by atoms with van der Waals surface area (Å²) in [6.07, 6.45) is 1.95. The van der Waals surface area contributed by atoms with Gasteiger partial charge in [-0.2, -0.15) is 0 Å². The summed E-state index contributed by atoms with van der Waals surface area (Å²) < 4.78 is 31.9. The number of methoxy groups -OCH3 is 2. The molecule has 1 saturated heterocycles. The fraction of sp³-hybridized carbons (Fsp3) is 0.400. The lowest BCUT2D eigenvalue weighted by atomic mass is 9.77. The van der Waals surface area contributed by atoms with E-state index < -0.39 is 0 Å². The van der Waals surface area contributed by atoms with Gasteiger partial charge < -0.3 is 19.5 Å². The molecule has 0 saturated carbocycles. The SMILES string of the molecule is COc1cc([C@@H]2Nc3ccc(F)cc3[C@H]3OCCC[C@H]32)cc(I)c1OC. The van der Waals surface area contributed by atoms with E-state index >= 15 is 0 Å². The van der Waals surface area contributed by atoms with Crippen LogP contribution in [0, 0.1) is 15.3 Å². The number of halogens is 2. The van der Waals surface area contributed by atoms with Crippen molar-refractivity contribution >= 4 is 28.3 Å². The van der Waals surface area contributed by atoms with E-state index in [0.717, 1.165) is 44.7 Å². The first-order chi connectivity index (χ1) is 12.6. The number of nitrogens with one attached hydrogen (secondary N) is 1. The van der Waals surface area contributed by atoms with Gasteiger partial charge in [0.2, 0.25) is 0 Å². The van der Waals surface area contributed by atoms with Crippen LogP contribution in [0.15, 0.2) is 30.3 Å². The van der Waals surface area contributed by atoms with Crippen LogP contribution in [0.1, 0.15) is 36.1 Å². The first kappa shape index (κ1) is 17.9. The molecule has 1 fully saturated rings. The van der Waals surface area contributed by atoms with Crippen LogP contribution in [0.2, 0.25) is 0 Å². The summed E-state index contributed by atoms with van der Waals surface area (Å²) in [6, 6.07) is 9.12. The lowest BCUT2D eigenvalue weighted by Crippen LogP contribution is -2.36. The van der Waals surface area contributed by atoms with Gasteiger partial charge in [0.25, 0.3) is 0 Å². The van der Waals surface area contributed by atoms with Gasteiger partial charge in [-0.15, -0.1) is 0 Å². The van der Waals surface area contributed by atoms with Crippen molar-refractivity contribution in [2.75, 3.05) is 26.1 Å². The summed E-state index contributed by atoms with van der Waals surface area (Å²) in [4.78, 5) is 0. The number of benzene rings is 2. The average Bonchev–Trinajstić information content (AvgIpc) is 2.66. The predicted octanol–water partition coefficient (Wildman–Crippen LogP) is 5.08. The number of hydrogen-bond donors (Lipinski definition) is 1. The number of hydrogen-bond acceptors (Lipinski definition) is 4. The van der Waals surface area contributed by atoms with Crippen molar-refractivity contribution in [2.24, 2.45) is 5.92 Å². The van der Waals surface area contributed by atoms with Crippen LogP contribution in [-0.4, -0.2) is 20.8 Å². The number of fused-ring (bicyclic) bond motifs is 3. The topological polar surface area (TPSA) is 39.7 Å². The molecule has 2 aliphatic rings. The van der Waals surface area contributed by atoms with Crippen molar-refractivity contribution in [3.8, 4) is 11.5 Å². The summed E-state index contributed by atoms with van der Waals surface area (Å²) in [5.74, 6) is 1.48. The second-order valence-corrected chi connectivity index (χ2v) is 7.85. The highest BCUT2D eigenvalue weighted by atomic mass is 127. The fourth-order valence-electron chi connectivity index (χ4n) is 4.09. The van der Waals surface area contributed by atoms with Crippen LogP contribution in [0.25, 0.3) is 0 Å². The van der Waals surface area contributed by atoms with Crippen molar-refractivity contribution in [1.82, 2.24) is 0 Å². The van der Waals surface area contributed by atoms with Gasteiger partial charge in [-0.3, -0.25) is 0 Å². The Bertz CT molecular complexity index is 829. The largest absolute Gasteiger partial charge is 0.493 e. The van der Waals surface area contributed by atoms with Gasteiger partial charge in [-0.25, -0.2) is 4.39 Å². The minimum Gasteiger partial charge on any atom is -0.493 e. The Morgan fingerprint density at radius 3 is 2.81 bits per heavy atom. The molecule has 2 aromatic rings.